The lowest BCUT2D eigenvalue weighted by atomic mass is 9.93. The van der Waals surface area contributed by atoms with Crippen LogP contribution in [0.5, 0.6) is 0 Å². The average molecular weight is 556 g/mol. The molecule has 2 aromatic heterocycles. The predicted octanol–water partition coefficient (Wildman–Crippen LogP) is 5.90. The van der Waals surface area contributed by atoms with Crippen LogP contribution in [0.4, 0.5) is 0 Å². The summed E-state index contributed by atoms with van der Waals surface area (Å²) in [7, 11) is 0. The van der Waals surface area contributed by atoms with Crippen LogP contribution in [0.1, 0.15) is 80.9 Å². The number of carbonyl (C=O) groups is 1. The van der Waals surface area contributed by atoms with Crippen molar-refractivity contribution in [2.75, 3.05) is 6.61 Å². The third-order valence-electron chi connectivity index (χ3n) is 7.69. The molecule has 0 aliphatic carbocycles. The maximum Gasteiger partial charge on any atom is 0.338 e. The summed E-state index contributed by atoms with van der Waals surface area (Å²) >= 11 is 1.37. The number of fused-ring (bicyclic) bond motifs is 2. The van der Waals surface area contributed by atoms with Gasteiger partial charge in [-0.3, -0.25) is 9.36 Å². The minimum absolute atomic E-state index is 0.153. The molecule has 6 nitrogen and oxygen atoms in total. The minimum Gasteiger partial charge on any atom is -0.463 e. The van der Waals surface area contributed by atoms with Gasteiger partial charge in [0.25, 0.3) is 5.56 Å². The first-order chi connectivity index (χ1) is 19.2. The summed E-state index contributed by atoms with van der Waals surface area (Å²) in [5, 5.41) is 1.14. The first kappa shape index (κ1) is 27.8. The highest BCUT2D eigenvalue weighted by Crippen LogP contribution is 2.32. The quantitative estimate of drug-likeness (QED) is 0.267. The molecule has 1 aliphatic rings. The van der Waals surface area contributed by atoms with E-state index in [1.54, 1.807) is 11.5 Å². The molecule has 5 rings (SSSR count). The van der Waals surface area contributed by atoms with E-state index in [-0.39, 0.29) is 12.2 Å². The van der Waals surface area contributed by atoms with Gasteiger partial charge in [-0.25, -0.2) is 9.79 Å². The number of esters is 1. The summed E-state index contributed by atoms with van der Waals surface area (Å²) in [6.07, 6.45) is 3.03. The van der Waals surface area contributed by atoms with E-state index < -0.39 is 12.0 Å². The molecule has 0 spiro atoms. The van der Waals surface area contributed by atoms with Gasteiger partial charge in [-0.05, 0) is 69.4 Å². The molecule has 0 N–H and O–H groups in total. The number of hydrogen-bond donors (Lipinski definition) is 0. The van der Waals surface area contributed by atoms with Crippen molar-refractivity contribution in [1.82, 2.24) is 9.13 Å². The van der Waals surface area contributed by atoms with E-state index in [0.29, 0.717) is 26.5 Å². The van der Waals surface area contributed by atoms with E-state index >= 15 is 0 Å². The van der Waals surface area contributed by atoms with E-state index in [1.165, 1.54) is 28.0 Å². The average Bonchev–Trinajstić information content (AvgIpc) is 3.36. The summed E-state index contributed by atoms with van der Waals surface area (Å²) in [6.45, 7) is 15.5. The second-order valence-corrected chi connectivity index (χ2v) is 11.8. The van der Waals surface area contributed by atoms with Crippen LogP contribution in [-0.4, -0.2) is 21.7 Å². The van der Waals surface area contributed by atoms with Crippen LogP contribution < -0.4 is 14.9 Å². The Balaban J connectivity index is 1.75. The maximum atomic E-state index is 14.2. The number of aryl methyl sites for hydroxylation is 2. The largest absolute Gasteiger partial charge is 0.463 e. The molecular weight excluding hydrogens is 518 g/mol. The number of ether oxygens (including phenoxy) is 1. The highest BCUT2D eigenvalue weighted by atomic mass is 32.1. The van der Waals surface area contributed by atoms with Gasteiger partial charge in [-0.1, -0.05) is 68.0 Å². The van der Waals surface area contributed by atoms with Crippen molar-refractivity contribution in [2.24, 2.45) is 4.99 Å². The van der Waals surface area contributed by atoms with Crippen molar-refractivity contribution in [3.63, 3.8) is 0 Å². The summed E-state index contributed by atoms with van der Waals surface area (Å²) < 4.78 is 10.0. The Morgan fingerprint density at radius 1 is 1.10 bits per heavy atom. The Morgan fingerprint density at radius 2 is 1.82 bits per heavy atom. The first-order valence-electron chi connectivity index (χ1n) is 14.0. The lowest BCUT2D eigenvalue weighted by molar-refractivity contribution is -0.139. The Bertz CT molecular complexity index is 1820. The number of carbonyl (C=O) groups excluding carboxylic acids is 1. The Kier molecular flexibility index (Phi) is 7.69. The number of nitrogens with zero attached hydrogens (tertiary/aromatic N) is 3. The lowest BCUT2D eigenvalue weighted by Crippen LogP contribution is -2.40. The van der Waals surface area contributed by atoms with Gasteiger partial charge in [0.05, 0.1) is 28.5 Å². The number of hydrogen-bond acceptors (Lipinski definition) is 5. The fraction of sp³-hybridized carbons (Fsp3) is 0.364. The lowest BCUT2D eigenvalue weighted by Gasteiger charge is -2.25. The monoisotopic (exact) mass is 555 g/mol. The van der Waals surface area contributed by atoms with Gasteiger partial charge >= 0.3 is 5.97 Å². The molecule has 7 heteroatoms. The van der Waals surface area contributed by atoms with Gasteiger partial charge in [0, 0.05) is 28.7 Å². The molecule has 2 aromatic carbocycles. The number of rotatable bonds is 7. The Morgan fingerprint density at radius 3 is 2.48 bits per heavy atom. The molecule has 0 saturated heterocycles. The van der Waals surface area contributed by atoms with Gasteiger partial charge in [0.1, 0.15) is 0 Å². The second-order valence-electron chi connectivity index (χ2n) is 10.8. The SMILES string of the molecule is CCCn1c(C)c(/C=c2\sc3n(c2=O)[C@H](c2ccc(C(C)C)cc2)C(C(=O)OCC)=C(C)N=3)c2cc(C)ccc21. The Hall–Kier alpha value is -3.71. The van der Waals surface area contributed by atoms with E-state index in [1.807, 2.05) is 25.1 Å². The summed E-state index contributed by atoms with van der Waals surface area (Å²) in [6, 6.07) is 14.1. The Labute approximate surface area is 239 Å². The molecule has 0 fully saturated rings. The molecule has 0 unspecified atom stereocenters. The third kappa shape index (κ3) is 4.77. The zero-order valence-corrected chi connectivity index (χ0v) is 25.2. The molecule has 1 aliphatic heterocycles. The first-order valence-corrected chi connectivity index (χ1v) is 14.9. The zero-order chi connectivity index (χ0) is 28.7. The fourth-order valence-electron chi connectivity index (χ4n) is 5.62. The predicted molar refractivity (Wildman–Crippen MR) is 163 cm³/mol. The summed E-state index contributed by atoms with van der Waals surface area (Å²) in [5.74, 6) is -0.0653. The molecule has 4 aromatic rings. The summed E-state index contributed by atoms with van der Waals surface area (Å²) in [5.41, 5.74) is 7.43. The smallest absolute Gasteiger partial charge is 0.338 e. The van der Waals surface area contributed by atoms with Gasteiger partial charge in [0.15, 0.2) is 4.80 Å². The van der Waals surface area contributed by atoms with Gasteiger partial charge in [-0.15, -0.1) is 0 Å². The molecular formula is C33H37N3O3S. The van der Waals surface area contributed by atoms with Crippen LogP contribution in [-0.2, 0) is 16.1 Å². The minimum atomic E-state index is -0.608. The highest BCUT2D eigenvalue weighted by molar-refractivity contribution is 7.07. The summed E-state index contributed by atoms with van der Waals surface area (Å²) in [4.78, 5) is 32.7. The van der Waals surface area contributed by atoms with Crippen LogP contribution in [0.25, 0.3) is 17.0 Å². The van der Waals surface area contributed by atoms with Gasteiger partial charge < -0.3 is 9.30 Å². The van der Waals surface area contributed by atoms with E-state index in [4.69, 9.17) is 9.73 Å². The number of allylic oxidation sites excluding steroid dienone is 1. The maximum absolute atomic E-state index is 14.2. The van der Waals surface area contributed by atoms with Gasteiger partial charge in [-0.2, -0.15) is 0 Å². The molecule has 3 heterocycles. The van der Waals surface area contributed by atoms with Crippen LogP contribution in [0.3, 0.4) is 0 Å². The van der Waals surface area contributed by atoms with E-state index in [9.17, 15) is 9.59 Å². The van der Waals surface area contributed by atoms with Crippen molar-refractivity contribution in [2.45, 2.75) is 73.4 Å². The van der Waals surface area contributed by atoms with Gasteiger partial charge in [0.2, 0.25) is 0 Å². The zero-order valence-electron chi connectivity index (χ0n) is 24.4. The molecule has 0 amide bonds. The van der Waals surface area contributed by atoms with Crippen molar-refractivity contribution < 1.29 is 9.53 Å². The number of aromatic nitrogens is 2. The normalized spacial score (nSPS) is 15.6. The van der Waals surface area contributed by atoms with Crippen LogP contribution in [0.2, 0.25) is 0 Å². The third-order valence-corrected chi connectivity index (χ3v) is 8.67. The van der Waals surface area contributed by atoms with Crippen molar-refractivity contribution >= 4 is 34.3 Å². The van der Waals surface area contributed by atoms with Crippen molar-refractivity contribution in [3.8, 4) is 0 Å². The fourth-order valence-corrected chi connectivity index (χ4v) is 6.65. The van der Waals surface area contributed by atoms with Crippen LogP contribution in [0, 0.1) is 13.8 Å². The molecule has 0 saturated carbocycles. The van der Waals surface area contributed by atoms with Crippen molar-refractivity contribution in [3.05, 3.63) is 101 Å². The molecule has 208 valence electrons. The molecule has 40 heavy (non-hydrogen) atoms. The molecule has 0 bridgehead atoms. The highest BCUT2D eigenvalue weighted by Gasteiger charge is 2.33. The van der Waals surface area contributed by atoms with Crippen LogP contribution >= 0.6 is 11.3 Å². The van der Waals surface area contributed by atoms with E-state index in [0.717, 1.165) is 35.2 Å². The van der Waals surface area contributed by atoms with Crippen LogP contribution in [0.15, 0.2) is 63.5 Å². The topological polar surface area (TPSA) is 65.6 Å². The van der Waals surface area contributed by atoms with E-state index in [2.05, 4.69) is 69.5 Å². The standard InChI is InChI=1S/C33H37N3O3S/c1-8-16-35-22(7)25(26-17-20(5)10-15-27(26)35)18-28-31(37)36-30(24-13-11-23(12-14-24)19(3)4)29(32(38)39-9-2)21(6)34-33(36)40-28/h10-15,17-19,30H,8-9,16H2,1-7H3/b28-18-/t30-/m1/s1. The molecule has 1 atom stereocenters. The van der Waals surface area contributed by atoms with Crippen molar-refractivity contribution in [1.29, 1.82) is 0 Å². The second kappa shape index (κ2) is 11.0. The number of benzene rings is 2. The number of thiazole rings is 1. The molecule has 0 radical (unpaired) electrons.